The van der Waals surface area contributed by atoms with Gasteiger partial charge in [0.25, 0.3) is 0 Å². The van der Waals surface area contributed by atoms with Gasteiger partial charge in [-0.25, -0.2) is 4.39 Å². The highest BCUT2D eigenvalue weighted by molar-refractivity contribution is 5.55. The van der Waals surface area contributed by atoms with Crippen LogP contribution in [0.15, 0.2) is 18.2 Å². The third-order valence-electron chi connectivity index (χ3n) is 3.70. The van der Waals surface area contributed by atoms with Crippen LogP contribution in [-0.4, -0.2) is 32.3 Å². The Balaban J connectivity index is 2.29. The van der Waals surface area contributed by atoms with Crippen molar-refractivity contribution in [2.24, 2.45) is 5.73 Å². The minimum Gasteiger partial charge on any atom is -0.376 e. The van der Waals surface area contributed by atoms with E-state index in [4.69, 9.17) is 10.5 Å². The van der Waals surface area contributed by atoms with Crippen LogP contribution in [0, 0.1) is 5.82 Å². The SMILES string of the molecule is CC1OCCC1N(C)c1cccc(F)c1CCN. The van der Waals surface area contributed by atoms with Gasteiger partial charge in [-0.1, -0.05) is 6.07 Å². The van der Waals surface area contributed by atoms with Crippen molar-refractivity contribution in [1.82, 2.24) is 0 Å². The summed E-state index contributed by atoms with van der Waals surface area (Å²) < 4.78 is 19.4. The number of nitrogens with two attached hydrogens (primary N) is 1. The highest BCUT2D eigenvalue weighted by Crippen LogP contribution is 2.28. The number of hydrogen-bond acceptors (Lipinski definition) is 3. The van der Waals surface area contributed by atoms with Crippen LogP contribution >= 0.6 is 0 Å². The van der Waals surface area contributed by atoms with Gasteiger partial charge in [0.15, 0.2) is 0 Å². The van der Waals surface area contributed by atoms with Crippen LogP contribution in [-0.2, 0) is 11.2 Å². The molecule has 18 heavy (non-hydrogen) atoms. The van der Waals surface area contributed by atoms with E-state index in [0.717, 1.165) is 18.7 Å². The summed E-state index contributed by atoms with van der Waals surface area (Å²) in [6, 6.07) is 5.51. The van der Waals surface area contributed by atoms with Crippen molar-refractivity contribution in [1.29, 1.82) is 0 Å². The van der Waals surface area contributed by atoms with Crippen molar-refractivity contribution in [2.45, 2.75) is 31.9 Å². The summed E-state index contributed by atoms with van der Waals surface area (Å²) in [6.45, 7) is 3.30. The summed E-state index contributed by atoms with van der Waals surface area (Å²) in [7, 11) is 2.00. The second-order valence-electron chi connectivity index (χ2n) is 4.82. The molecule has 3 nitrogen and oxygen atoms in total. The molecule has 0 bridgehead atoms. The second kappa shape index (κ2) is 5.67. The summed E-state index contributed by atoms with van der Waals surface area (Å²) >= 11 is 0. The van der Waals surface area contributed by atoms with E-state index < -0.39 is 0 Å². The molecule has 100 valence electrons. The predicted octanol–water partition coefficient (Wildman–Crippen LogP) is 1.94. The van der Waals surface area contributed by atoms with E-state index in [1.54, 1.807) is 6.07 Å². The molecule has 1 saturated heterocycles. The van der Waals surface area contributed by atoms with Crippen molar-refractivity contribution >= 4 is 5.69 Å². The van der Waals surface area contributed by atoms with E-state index in [0.29, 0.717) is 24.6 Å². The van der Waals surface area contributed by atoms with Crippen molar-refractivity contribution in [3.63, 3.8) is 0 Å². The Bertz CT molecular complexity index is 411. The molecular formula is C14H21FN2O. The smallest absolute Gasteiger partial charge is 0.128 e. The number of nitrogens with zero attached hydrogens (tertiary/aromatic N) is 1. The molecule has 2 unspecified atom stereocenters. The van der Waals surface area contributed by atoms with Gasteiger partial charge in [0.2, 0.25) is 0 Å². The lowest BCUT2D eigenvalue weighted by Gasteiger charge is -2.30. The summed E-state index contributed by atoms with van der Waals surface area (Å²) in [4.78, 5) is 2.13. The van der Waals surface area contributed by atoms with Gasteiger partial charge in [-0.05, 0) is 38.4 Å². The van der Waals surface area contributed by atoms with E-state index >= 15 is 0 Å². The molecule has 1 fully saturated rings. The quantitative estimate of drug-likeness (QED) is 0.890. The molecule has 0 amide bonds. The topological polar surface area (TPSA) is 38.5 Å². The molecule has 0 aliphatic carbocycles. The monoisotopic (exact) mass is 252 g/mol. The first-order valence-electron chi connectivity index (χ1n) is 6.47. The lowest BCUT2D eigenvalue weighted by Crippen LogP contribution is -2.37. The summed E-state index contributed by atoms with van der Waals surface area (Å²) in [6.07, 6.45) is 1.73. The minimum absolute atomic E-state index is 0.170. The van der Waals surface area contributed by atoms with Crippen molar-refractivity contribution in [2.75, 3.05) is 25.1 Å². The van der Waals surface area contributed by atoms with Crippen molar-refractivity contribution in [3.05, 3.63) is 29.6 Å². The average molecular weight is 252 g/mol. The van der Waals surface area contributed by atoms with Crippen LogP contribution in [0.1, 0.15) is 18.9 Å². The van der Waals surface area contributed by atoms with E-state index in [-0.39, 0.29) is 11.9 Å². The third-order valence-corrected chi connectivity index (χ3v) is 3.70. The van der Waals surface area contributed by atoms with Crippen molar-refractivity contribution in [3.8, 4) is 0 Å². The maximum atomic E-state index is 13.9. The number of halogens is 1. The first-order valence-corrected chi connectivity index (χ1v) is 6.47. The van der Waals surface area contributed by atoms with Crippen LogP contribution in [0.3, 0.4) is 0 Å². The van der Waals surface area contributed by atoms with E-state index in [1.165, 1.54) is 6.07 Å². The van der Waals surface area contributed by atoms with Gasteiger partial charge < -0.3 is 15.4 Å². The highest BCUT2D eigenvalue weighted by Gasteiger charge is 2.29. The van der Waals surface area contributed by atoms with Gasteiger partial charge in [0.1, 0.15) is 5.82 Å². The number of benzene rings is 1. The van der Waals surface area contributed by atoms with Crippen LogP contribution < -0.4 is 10.6 Å². The number of likely N-dealkylation sites (N-methyl/N-ethyl adjacent to an activating group) is 1. The van der Waals surface area contributed by atoms with E-state index in [2.05, 4.69) is 11.8 Å². The predicted molar refractivity (Wildman–Crippen MR) is 71.4 cm³/mol. The fourth-order valence-corrected chi connectivity index (χ4v) is 2.68. The Morgan fingerprint density at radius 1 is 1.50 bits per heavy atom. The Kier molecular flexibility index (Phi) is 4.19. The molecule has 0 aromatic heterocycles. The second-order valence-corrected chi connectivity index (χ2v) is 4.82. The van der Waals surface area contributed by atoms with Crippen LogP contribution in [0.5, 0.6) is 0 Å². The standard InChI is InChI=1S/C14H21FN2O/c1-10-13(7-9-18-10)17(2)14-5-3-4-12(15)11(14)6-8-16/h3-5,10,13H,6-9,16H2,1-2H3. The Morgan fingerprint density at radius 2 is 2.28 bits per heavy atom. The van der Waals surface area contributed by atoms with Crippen LogP contribution in [0.25, 0.3) is 0 Å². The molecule has 0 radical (unpaired) electrons. The Morgan fingerprint density at radius 3 is 2.89 bits per heavy atom. The zero-order chi connectivity index (χ0) is 13.1. The van der Waals surface area contributed by atoms with Gasteiger partial charge >= 0.3 is 0 Å². The van der Waals surface area contributed by atoms with Gasteiger partial charge in [-0.15, -0.1) is 0 Å². The molecule has 4 heteroatoms. The van der Waals surface area contributed by atoms with Gasteiger partial charge in [0.05, 0.1) is 12.1 Å². The van der Waals surface area contributed by atoms with E-state index in [1.807, 2.05) is 13.1 Å². The minimum atomic E-state index is -0.170. The first kappa shape index (κ1) is 13.3. The lowest BCUT2D eigenvalue weighted by atomic mass is 10.0. The molecule has 1 aromatic rings. The molecule has 1 aliphatic heterocycles. The number of rotatable bonds is 4. The Labute approximate surface area is 108 Å². The third kappa shape index (κ3) is 2.49. The Hall–Kier alpha value is -1.13. The normalized spacial score (nSPS) is 23.3. The zero-order valence-corrected chi connectivity index (χ0v) is 11.0. The molecule has 1 aliphatic rings. The van der Waals surface area contributed by atoms with Gasteiger partial charge in [-0.2, -0.15) is 0 Å². The largest absolute Gasteiger partial charge is 0.376 e. The molecule has 2 rings (SSSR count). The zero-order valence-electron chi connectivity index (χ0n) is 11.0. The first-order chi connectivity index (χ1) is 8.65. The average Bonchev–Trinajstić information content (AvgIpc) is 2.77. The number of anilines is 1. The molecule has 1 aromatic carbocycles. The fourth-order valence-electron chi connectivity index (χ4n) is 2.68. The maximum Gasteiger partial charge on any atom is 0.128 e. The van der Waals surface area contributed by atoms with Crippen molar-refractivity contribution < 1.29 is 9.13 Å². The number of hydrogen-bond donors (Lipinski definition) is 1. The molecule has 0 spiro atoms. The molecule has 2 atom stereocenters. The van der Waals surface area contributed by atoms with Gasteiger partial charge in [0, 0.05) is 24.9 Å². The number of ether oxygens (including phenoxy) is 1. The molecule has 1 heterocycles. The molecule has 2 N–H and O–H groups in total. The summed E-state index contributed by atoms with van der Waals surface area (Å²) in [5, 5.41) is 0. The van der Waals surface area contributed by atoms with E-state index in [9.17, 15) is 4.39 Å². The molecule has 0 saturated carbocycles. The summed E-state index contributed by atoms with van der Waals surface area (Å²) in [5.74, 6) is -0.170. The maximum absolute atomic E-state index is 13.9. The van der Waals surface area contributed by atoms with Crippen LogP contribution in [0.2, 0.25) is 0 Å². The fraction of sp³-hybridized carbons (Fsp3) is 0.571. The van der Waals surface area contributed by atoms with Gasteiger partial charge in [-0.3, -0.25) is 0 Å². The highest BCUT2D eigenvalue weighted by atomic mass is 19.1. The lowest BCUT2D eigenvalue weighted by molar-refractivity contribution is 0.118. The summed E-state index contributed by atoms with van der Waals surface area (Å²) in [5.41, 5.74) is 7.21. The molecular weight excluding hydrogens is 231 g/mol. The van der Waals surface area contributed by atoms with Crippen LogP contribution in [0.4, 0.5) is 10.1 Å².